The van der Waals surface area contributed by atoms with Crippen LogP contribution in [0.3, 0.4) is 0 Å². The Morgan fingerprint density at radius 3 is 2.65 bits per heavy atom. The number of benzene rings is 2. The summed E-state index contributed by atoms with van der Waals surface area (Å²) in [5.74, 6) is 0.923. The number of aryl methyl sites for hydroxylation is 1. The molecule has 102 valence electrons. The predicted octanol–water partition coefficient (Wildman–Crippen LogP) is 3.68. The summed E-state index contributed by atoms with van der Waals surface area (Å²) in [7, 11) is 0. The molecule has 0 spiro atoms. The highest BCUT2D eigenvalue weighted by atomic mass is 16.5. The van der Waals surface area contributed by atoms with Crippen LogP contribution in [-0.4, -0.2) is 16.2 Å². The molecule has 3 heteroatoms. The Morgan fingerprint density at radius 1 is 1.05 bits per heavy atom. The number of fused-ring (bicyclic) bond motifs is 1. The van der Waals surface area contributed by atoms with Gasteiger partial charge in [0.15, 0.2) is 0 Å². The van der Waals surface area contributed by atoms with Gasteiger partial charge in [0.25, 0.3) is 0 Å². The van der Waals surface area contributed by atoms with E-state index in [4.69, 9.17) is 4.74 Å². The lowest BCUT2D eigenvalue weighted by atomic mass is 10.2. The van der Waals surface area contributed by atoms with Crippen LogP contribution in [0.5, 0.6) is 5.75 Å². The van der Waals surface area contributed by atoms with E-state index in [2.05, 4.69) is 34.7 Å². The highest BCUT2D eigenvalue weighted by Gasteiger charge is 2.01. The Balaban J connectivity index is 1.62. The molecular weight excluding hydrogens is 248 g/mol. The third kappa shape index (κ3) is 2.67. The van der Waals surface area contributed by atoms with Gasteiger partial charge in [0.2, 0.25) is 0 Å². The highest BCUT2D eigenvalue weighted by molar-refractivity contribution is 5.74. The second-order valence-corrected chi connectivity index (χ2v) is 4.77. The van der Waals surface area contributed by atoms with Gasteiger partial charge in [-0.3, -0.25) is 0 Å². The molecule has 3 nitrogen and oxygen atoms in total. The van der Waals surface area contributed by atoms with Crippen molar-refractivity contribution in [1.29, 1.82) is 0 Å². The van der Waals surface area contributed by atoms with Crippen LogP contribution in [0.1, 0.15) is 12.5 Å². The molecule has 0 atom stereocenters. The molecular formula is C17H18N2O. The largest absolute Gasteiger partial charge is 0.492 e. The maximum Gasteiger partial charge on any atom is 0.119 e. The van der Waals surface area contributed by atoms with Crippen molar-refractivity contribution >= 4 is 11.0 Å². The highest BCUT2D eigenvalue weighted by Crippen LogP contribution is 2.14. The minimum absolute atomic E-state index is 0.645. The zero-order valence-electron chi connectivity index (χ0n) is 11.6. The summed E-state index contributed by atoms with van der Waals surface area (Å²) >= 11 is 0. The van der Waals surface area contributed by atoms with Gasteiger partial charge in [-0.15, -0.1) is 0 Å². The van der Waals surface area contributed by atoms with Gasteiger partial charge in [0.1, 0.15) is 12.4 Å². The Morgan fingerprint density at radius 2 is 1.85 bits per heavy atom. The summed E-state index contributed by atoms with van der Waals surface area (Å²) < 4.78 is 7.90. The maximum atomic E-state index is 5.78. The van der Waals surface area contributed by atoms with Gasteiger partial charge in [-0.1, -0.05) is 31.2 Å². The molecule has 0 bridgehead atoms. The van der Waals surface area contributed by atoms with E-state index < -0.39 is 0 Å². The lowest BCUT2D eigenvalue weighted by Gasteiger charge is -2.08. The number of ether oxygens (including phenoxy) is 1. The van der Waals surface area contributed by atoms with Crippen LogP contribution >= 0.6 is 0 Å². The molecule has 0 saturated heterocycles. The van der Waals surface area contributed by atoms with Gasteiger partial charge in [0.05, 0.1) is 23.9 Å². The first-order valence-electron chi connectivity index (χ1n) is 6.98. The first-order valence-corrected chi connectivity index (χ1v) is 6.98. The third-order valence-electron chi connectivity index (χ3n) is 3.46. The summed E-state index contributed by atoms with van der Waals surface area (Å²) in [5, 5.41) is 0. The van der Waals surface area contributed by atoms with E-state index in [0.717, 1.165) is 29.7 Å². The monoisotopic (exact) mass is 266 g/mol. The first-order chi connectivity index (χ1) is 9.86. The molecule has 0 radical (unpaired) electrons. The number of imidazole rings is 1. The van der Waals surface area contributed by atoms with Crippen LogP contribution in [0.2, 0.25) is 0 Å². The van der Waals surface area contributed by atoms with Crippen molar-refractivity contribution in [2.75, 3.05) is 6.61 Å². The first kappa shape index (κ1) is 12.7. The molecule has 0 aliphatic rings. The van der Waals surface area contributed by atoms with Gasteiger partial charge in [0, 0.05) is 0 Å². The minimum Gasteiger partial charge on any atom is -0.492 e. The smallest absolute Gasteiger partial charge is 0.119 e. The van der Waals surface area contributed by atoms with E-state index in [1.807, 2.05) is 36.7 Å². The lowest BCUT2D eigenvalue weighted by molar-refractivity contribution is 0.300. The second kappa shape index (κ2) is 5.78. The zero-order valence-corrected chi connectivity index (χ0v) is 11.6. The van der Waals surface area contributed by atoms with Crippen LogP contribution in [0, 0.1) is 0 Å². The van der Waals surface area contributed by atoms with E-state index in [0.29, 0.717) is 6.61 Å². The molecule has 0 unspecified atom stereocenters. The molecule has 20 heavy (non-hydrogen) atoms. The number of hydrogen-bond donors (Lipinski definition) is 0. The molecule has 1 aromatic heterocycles. The number of rotatable bonds is 5. The van der Waals surface area contributed by atoms with E-state index in [-0.39, 0.29) is 0 Å². The number of nitrogens with zero attached hydrogens (tertiary/aromatic N) is 2. The number of aromatic nitrogens is 2. The molecule has 0 fully saturated rings. The van der Waals surface area contributed by atoms with Gasteiger partial charge >= 0.3 is 0 Å². The van der Waals surface area contributed by atoms with Crippen LogP contribution < -0.4 is 4.74 Å². The fraction of sp³-hybridized carbons (Fsp3) is 0.235. The van der Waals surface area contributed by atoms with Crippen molar-refractivity contribution < 1.29 is 4.74 Å². The Bertz CT molecular complexity index is 686. The molecule has 3 rings (SSSR count). The standard InChI is InChI=1S/C17H18N2O/c1-2-14-7-9-15(10-8-14)20-12-11-19-13-18-16-5-3-4-6-17(16)19/h3-10,13H,2,11-12H2,1H3. The van der Waals surface area contributed by atoms with Gasteiger partial charge in [-0.25, -0.2) is 4.98 Å². The van der Waals surface area contributed by atoms with Crippen LogP contribution in [-0.2, 0) is 13.0 Å². The summed E-state index contributed by atoms with van der Waals surface area (Å²) in [4.78, 5) is 4.37. The average molecular weight is 266 g/mol. The van der Waals surface area contributed by atoms with Crippen molar-refractivity contribution in [3.63, 3.8) is 0 Å². The van der Waals surface area contributed by atoms with Crippen LogP contribution in [0.4, 0.5) is 0 Å². The lowest BCUT2D eigenvalue weighted by Crippen LogP contribution is -2.07. The van der Waals surface area contributed by atoms with Crippen molar-refractivity contribution in [3.8, 4) is 5.75 Å². The predicted molar refractivity (Wildman–Crippen MR) is 81.0 cm³/mol. The fourth-order valence-electron chi connectivity index (χ4n) is 2.27. The summed E-state index contributed by atoms with van der Waals surface area (Å²) in [6, 6.07) is 16.4. The molecule has 0 amide bonds. The fourth-order valence-corrected chi connectivity index (χ4v) is 2.27. The summed E-state index contributed by atoms with van der Waals surface area (Å²) in [6.45, 7) is 3.60. The SMILES string of the molecule is CCc1ccc(OCCn2cnc3ccccc32)cc1. The van der Waals surface area contributed by atoms with E-state index in [1.165, 1.54) is 5.56 Å². The van der Waals surface area contributed by atoms with Crippen molar-refractivity contribution in [2.24, 2.45) is 0 Å². The van der Waals surface area contributed by atoms with E-state index in [9.17, 15) is 0 Å². The molecule has 0 saturated carbocycles. The number of para-hydroxylation sites is 2. The summed E-state index contributed by atoms with van der Waals surface area (Å²) in [5.41, 5.74) is 3.51. The van der Waals surface area contributed by atoms with Crippen molar-refractivity contribution in [2.45, 2.75) is 19.9 Å². The molecule has 1 heterocycles. The quantitative estimate of drug-likeness (QED) is 0.704. The normalized spacial score (nSPS) is 10.8. The maximum absolute atomic E-state index is 5.78. The Hall–Kier alpha value is -2.29. The second-order valence-electron chi connectivity index (χ2n) is 4.77. The van der Waals surface area contributed by atoms with Crippen molar-refractivity contribution in [3.05, 3.63) is 60.4 Å². The minimum atomic E-state index is 0.645. The molecule has 0 aliphatic carbocycles. The van der Waals surface area contributed by atoms with E-state index >= 15 is 0 Å². The molecule has 0 aliphatic heterocycles. The third-order valence-corrected chi connectivity index (χ3v) is 3.46. The molecule has 0 N–H and O–H groups in total. The van der Waals surface area contributed by atoms with Crippen molar-refractivity contribution in [1.82, 2.24) is 9.55 Å². The Labute approximate surface area is 118 Å². The zero-order chi connectivity index (χ0) is 13.8. The number of hydrogen-bond acceptors (Lipinski definition) is 2. The Kier molecular flexibility index (Phi) is 3.68. The van der Waals surface area contributed by atoms with Gasteiger partial charge in [-0.2, -0.15) is 0 Å². The van der Waals surface area contributed by atoms with E-state index in [1.54, 1.807) is 0 Å². The summed E-state index contributed by atoms with van der Waals surface area (Å²) in [6.07, 6.45) is 2.93. The van der Waals surface area contributed by atoms with Gasteiger partial charge in [-0.05, 0) is 36.2 Å². The molecule has 3 aromatic rings. The topological polar surface area (TPSA) is 27.1 Å². The van der Waals surface area contributed by atoms with Gasteiger partial charge < -0.3 is 9.30 Å². The van der Waals surface area contributed by atoms with Crippen LogP contribution in [0.15, 0.2) is 54.9 Å². The average Bonchev–Trinajstić information content (AvgIpc) is 2.92. The molecule has 2 aromatic carbocycles. The van der Waals surface area contributed by atoms with Crippen LogP contribution in [0.25, 0.3) is 11.0 Å².